The molecule has 116 valence electrons. The summed E-state index contributed by atoms with van der Waals surface area (Å²) in [5.74, 6) is -0.610. The summed E-state index contributed by atoms with van der Waals surface area (Å²) in [5, 5.41) is 15.9. The number of thiophene rings is 1. The van der Waals surface area contributed by atoms with Gasteiger partial charge in [-0.1, -0.05) is 19.1 Å². The largest absolute Gasteiger partial charge is 0.478 e. The van der Waals surface area contributed by atoms with Gasteiger partial charge < -0.3 is 10.4 Å². The van der Waals surface area contributed by atoms with Crippen LogP contribution in [0.2, 0.25) is 0 Å². The molecule has 0 fully saturated rings. The molecule has 4 nitrogen and oxygen atoms in total. The van der Waals surface area contributed by atoms with E-state index >= 15 is 0 Å². The highest BCUT2D eigenvalue weighted by Gasteiger charge is 2.09. The normalized spacial score (nSPS) is 11.9. The van der Waals surface area contributed by atoms with Crippen molar-refractivity contribution in [3.05, 3.63) is 57.8 Å². The topological polar surface area (TPSA) is 66.4 Å². The van der Waals surface area contributed by atoms with Crippen LogP contribution in [0, 0.1) is 0 Å². The molecule has 0 radical (unpaired) electrons. The van der Waals surface area contributed by atoms with Crippen LogP contribution in [0.5, 0.6) is 0 Å². The van der Waals surface area contributed by atoms with Crippen LogP contribution in [0.3, 0.4) is 0 Å². The van der Waals surface area contributed by atoms with Crippen molar-refractivity contribution >= 4 is 23.2 Å². The molecule has 1 heterocycles. The first-order valence-electron chi connectivity index (χ1n) is 7.17. The van der Waals surface area contributed by atoms with E-state index in [2.05, 4.69) is 23.7 Å². The molecule has 1 atom stereocenters. The van der Waals surface area contributed by atoms with Crippen LogP contribution in [-0.4, -0.2) is 23.5 Å². The number of hydrogen-bond acceptors (Lipinski definition) is 3. The number of carboxylic acids is 1. The van der Waals surface area contributed by atoms with Gasteiger partial charge in [-0.3, -0.25) is 4.79 Å². The molecule has 0 spiro atoms. The van der Waals surface area contributed by atoms with E-state index in [-0.39, 0.29) is 11.5 Å². The van der Waals surface area contributed by atoms with Gasteiger partial charge in [-0.25, -0.2) is 4.79 Å². The van der Waals surface area contributed by atoms with Crippen molar-refractivity contribution in [2.75, 3.05) is 6.54 Å². The summed E-state index contributed by atoms with van der Waals surface area (Å²) in [6.45, 7) is 2.72. The Morgan fingerprint density at radius 1 is 1.23 bits per heavy atom. The predicted molar refractivity (Wildman–Crippen MR) is 87.5 cm³/mol. The number of carbonyl (C=O) groups excluding carboxylic acids is 1. The van der Waals surface area contributed by atoms with E-state index in [1.165, 1.54) is 5.56 Å². The Kier molecular flexibility index (Phi) is 5.72. The lowest BCUT2D eigenvalue weighted by atomic mass is 10.0. The van der Waals surface area contributed by atoms with Gasteiger partial charge in [0.25, 0.3) is 0 Å². The quantitative estimate of drug-likeness (QED) is 0.823. The zero-order chi connectivity index (χ0) is 15.9. The number of amides is 1. The molecule has 0 aliphatic carbocycles. The maximum Gasteiger partial charge on any atom is 0.335 e. The van der Waals surface area contributed by atoms with Gasteiger partial charge in [0, 0.05) is 13.0 Å². The minimum atomic E-state index is -0.938. The SMILES string of the molecule is C[C@@H](CNC(=O)CCc1ccc(C(=O)O)cc1)c1ccsc1. The molecule has 0 saturated heterocycles. The molecule has 1 aromatic carbocycles. The third kappa shape index (κ3) is 4.70. The second-order valence-corrected chi connectivity index (χ2v) is 6.04. The van der Waals surface area contributed by atoms with E-state index < -0.39 is 5.97 Å². The van der Waals surface area contributed by atoms with E-state index in [4.69, 9.17) is 5.11 Å². The predicted octanol–water partition coefficient (Wildman–Crippen LogP) is 3.30. The maximum absolute atomic E-state index is 11.9. The number of aromatic carboxylic acids is 1. The van der Waals surface area contributed by atoms with Crippen LogP contribution >= 0.6 is 11.3 Å². The van der Waals surface area contributed by atoms with Crippen molar-refractivity contribution in [2.24, 2.45) is 0 Å². The molecule has 0 aliphatic heterocycles. The summed E-state index contributed by atoms with van der Waals surface area (Å²) >= 11 is 1.66. The average molecular weight is 317 g/mol. The molecule has 1 aromatic heterocycles. The molecule has 5 heteroatoms. The molecule has 22 heavy (non-hydrogen) atoms. The van der Waals surface area contributed by atoms with E-state index in [1.54, 1.807) is 35.6 Å². The first kappa shape index (κ1) is 16.2. The van der Waals surface area contributed by atoms with Crippen LogP contribution in [0.4, 0.5) is 0 Å². The Balaban J connectivity index is 1.74. The number of benzene rings is 1. The number of carboxylic acid groups (broad SMARTS) is 1. The van der Waals surface area contributed by atoms with Crippen molar-refractivity contribution in [3.8, 4) is 0 Å². The summed E-state index contributed by atoms with van der Waals surface area (Å²) in [4.78, 5) is 22.6. The molecule has 1 amide bonds. The Hall–Kier alpha value is -2.14. The van der Waals surface area contributed by atoms with Crippen LogP contribution in [0.15, 0.2) is 41.1 Å². The first-order valence-corrected chi connectivity index (χ1v) is 8.11. The van der Waals surface area contributed by atoms with Crippen molar-refractivity contribution in [1.29, 1.82) is 0 Å². The highest BCUT2D eigenvalue weighted by atomic mass is 32.1. The number of hydrogen-bond donors (Lipinski definition) is 2. The second kappa shape index (κ2) is 7.75. The summed E-state index contributed by atoms with van der Waals surface area (Å²) in [7, 11) is 0. The molecule has 0 aliphatic rings. The number of aryl methyl sites for hydroxylation is 1. The van der Waals surface area contributed by atoms with Gasteiger partial charge in [0.2, 0.25) is 5.91 Å². The van der Waals surface area contributed by atoms with Gasteiger partial charge in [0.1, 0.15) is 0 Å². The Labute approximate surface area is 133 Å². The summed E-state index contributed by atoms with van der Waals surface area (Å²) < 4.78 is 0. The zero-order valence-electron chi connectivity index (χ0n) is 12.4. The van der Waals surface area contributed by atoms with Crippen LogP contribution < -0.4 is 5.32 Å². The van der Waals surface area contributed by atoms with Gasteiger partial charge >= 0.3 is 5.97 Å². The smallest absolute Gasteiger partial charge is 0.335 e. The third-order valence-electron chi connectivity index (χ3n) is 3.56. The van der Waals surface area contributed by atoms with Crippen molar-refractivity contribution in [3.63, 3.8) is 0 Å². The van der Waals surface area contributed by atoms with Crippen LogP contribution in [0.25, 0.3) is 0 Å². The van der Waals surface area contributed by atoms with E-state index in [1.807, 2.05) is 5.38 Å². The monoisotopic (exact) mass is 317 g/mol. The Bertz CT molecular complexity index is 620. The van der Waals surface area contributed by atoms with Gasteiger partial charge in [-0.2, -0.15) is 11.3 Å². The minimum absolute atomic E-state index is 0.0180. The number of rotatable bonds is 7. The van der Waals surface area contributed by atoms with Crippen molar-refractivity contribution in [2.45, 2.75) is 25.7 Å². The Morgan fingerprint density at radius 3 is 2.55 bits per heavy atom. The summed E-state index contributed by atoms with van der Waals surface area (Å²) in [6.07, 6.45) is 1.02. The highest BCUT2D eigenvalue weighted by molar-refractivity contribution is 7.07. The first-order chi connectivity index (χ1) is 10.6. The van der Waals surface area contributed by atoms with E-state index in [0.717, 1.165) is 5.56 Å². The van der Waals surface area contributed by atoms with Gasteiger partial charge in [-0.15, -0.1) is 0 Å². The maximum atomic E-state index is 11.9. The fourth-order valence-corrected chi connectivity index (χ4v) is 2.88. The third-order valence-corrected chi connectivity index (χ3v) is 4.26. The molecular weight excluding hydrogens is 298 g/mol. The average Bonchev–Trinajstić information content (AvgIpc) is 3.05. The Morgan fingerprint density at radius 2 is 1.95 bits per heavy atom. The fourth-order valence-electron chi connectivity index (χ4n) is 2.10. The number of carbonyl (C=O) groups is 2. The highest BCUT2D eigenvalue weighted by Crippen LogP contribution is 2.17. The number of nitrogens with one attached hydrogen (secondary N) is 1. The summed E-state index contributed by atoms with van der Waals surface area (Å²) in [6, 6.07) is 8.71. The minimum Gasteiger partial charge on any atom is -0.478 e. The van der Waals surface area contributed by atoms with E-state index in [0.29, 0.717) is 25.3 Å². The molecular formula is C17H19NO3S. The van der Waals surface area contributed by atoms with Crippen LogP contribution in [0.1, 0.15) is 40.7 Å². The zero-order valence-corrected chi connectivity index (χ0v) is 13.2. The molecule has 2 N–H and O–H groups in total. The van der Waals surface area contributed by atoms with Crippen LogP contribution in [-0.2, 0) is 11.2 Å². The second-order valence-electron chi connectivity index (χ2n) is 5.26. The lowest BCUT2D eigenvalue weighted by Gasteiger charge is -2.11. The standard InChI is InChI=1S/C17H19NO3S/c1-12(15-8-9-22-11-15)10-18-16(19)7-4-13-2-5-14(6-3-13)17(20)21/h2-3,5-6,8-9,11-12H,4,7,10H2,1H3,(H,18,19)(H,20,21)/t12-/m0/s1. The lowest BCUT2D eigenvalue weighted by Crippen LogP contribution is -2.27. The van der Waals surface area contributed by atoms with Gasteiger partial charge in [-0.05, 0) is 52.4 Å². The fraction of sp³-hybridized carbons (Fsp3) is 0.294. The molecule has 0 bridgehead atoms. The molecule has 0 unspecified atom stereocenters. The lowest BCUT2D eigenvalue weighted by molar-refractivity contribution is -0.121. The van der Waals surface area contributed by atoms with Crippen molar-refractivity contribution in [1.82, 2.24) is 5.32 Å². The molecule has 0 saturated carbocycles. The van der Waals surface area contributed by atoms with Crippen molar-refractivity contribution < 1.29 is 14.7 Å². The van der Waals surface area contributed by atoms with Gasteiger partial charge in [0.15, 0.2) is 0 Å². The van der Waals surface area contributed by atoms with E-state index in [9.17, 15) is 9.59 Å². The molecule has 2 rings (SSSR count). The van der Waals surface area contributed by atoms with Gasteiger partial charge in [0.05, 0.1) is 5.56 Å². The summed E-state index contributed by atoms with van der Waals surface area (Å²) in [5.41, 5.74) is 2.47. The molecule has 2 aromatic rings.